The van der Waals surface area contributed by atoms with Crippen molar-refractivity contribution in [1.82, 2.24) is 36.1 Å². The number of rotatable bonds is 5. The molecule has 0 bridgehead atoms. The van der Waals surface area contributed by atoms with Crippen LogP contribution in [0.4, 0.5) is 4.39 Å². The predicted octanol–water partition coefficient (Wildman–Crippen LogP) is 2.13. The normalized spacial score (nSPS) is 29.6. The Hall–Kier alpha value is -5.31. The largest absolute Gasteiger partial charge is 0.394 e. The van der Waals surface area contributed by atoms with Gasteiger partial charge in [0.25, 0.3) is 0 Å². The number of nitrogens with one attached hydrogen (secondary N) is 5. The van der Waals surface area contributed by atoms with E-state index in [0.717, 1.165) is 35.7 Å². The van der Waals surface area contributed by atoms with Gasteiger partial charge in [0, 0.05) is 42.5 Å². The van der Waals surface area contributed by atoms with Crippen LogP contribution < -0.4 is 21.3 Å². The fourth-order valence-corrected chi connectivity index (χ4v) is 10.2. The topological polar surface area (TPSA) is 193 Å². The van der Waals surface area contributed by atoms with Crippen LogP contribution in [0.15, 0.2) is 54.7 Å². The number of aromatic amines is 1. The molecule has 3 saturated heterocycles. The molecule has 14 nitrogen and oxygen atoms in total. The summed E-state index contributed by atoms with van der Waals surface area (Å²) in [4.78, 5) is 93.3. The molecule has 6 N–H and O–H groups in total. The summed E-state index contributed by atoms with van der Waals surface area (Å²) in [5.41, 5.74) is 0.725. The first-order chi connectivity index (χ1) is 28.0. The highest BCUT2D eigenvalue weighted by Crippen LogP contribution is 2.41. The number of carbonyl (C=O) groups is 6. The maximum atomic E-state index is 14.8. The molecule has 1 aromatic heterocycles. The summed E-state index contributed by atoms with van der Waals surface area (Å²) in [5, 5.41) is 22.9. The highest BCUT2D eigenvalue weighted by molar-refractivity contribution is 6.00. The van der Waals surface area contributed by atoms with Crippen molar-refractivity contribution in [1.29, 1.82) is 0 Å². The van der Waals surface area contributed by atoms with Gasteiger partial charge in [-0.2, -0.15) is 0 Å². The van der Waals surface area contributed by atoms with Gasteiger partial charge >= 0.3 is 0 Å². The van der Waals surface area contributed by atoms with Gasteiger partial charge in [-0.25, -0.2) is 4.39 Å². The fourth-order valence-electron chi connectivity index (χ4n) is 10.2. The van der Waals surface area contributed by atoms with Gasteiger partial charge in [0.2, 0.25) is 35.4 Å². The molecule has 3 aromatic rings. The maximum absolute atomic E-state index is 14.8. The smallest absolute Gasteiger partial charge is 0.248 e. The summed E-state index contributed by atoms with van der Waals surface area (Å²) in [6.45, 7) is -0.554. The number of para-hydroxylation sites is 1. The van der Waals surface area contributed by atoms with Gasteiger partial charge < -0.3 is 41.2 Å². The number of carbonyl (C=O) groups excluding carboxylic acids is 6. The van der Waals surface area contributed by atoms with Gasteiger partial charge in [0.1, 0.15) is 41.6 Å². The molecule has 6 amide bonds. The number of hydrogen-bond acceptors (Lipinski definition) is 7. The zero-order valence-electron chi connectivity index (χ0n) is 32.5. The monoisotopic (exact) mass is 797 g/mol. The second kappa shape index (κ2) is 16.5. The summed E-state index contributed by atoms with van der Waals surface area (Å²) < 4.78 is 13.9. The van der Waals surface area contributed by atoms with E-state index >= 15 is 0 Å². The van der Waals surface area contributed by atoms with Crippen molar-refractivity contribution in [2.75, 3.05) is 13.2 Å². The van der Waals surface area contributed by atoms with Gasteiger partial charge in [0.15, 0.2) is 0 Å². The number of halogens is 1. The molecule has 58 heavy (non-hydrogen) atoms. The second-order valence-electron chi connectivity index (χ2n) is 16.8. The third-order valence-corrected chi connectivity index (χ3v) is 13.2. The van der Waals surface area contributed by atoms with Crippen LogP contribution in [0.2, 0.25) is 0 Å². The first-order valence-electron chi connectivity index (χ1n) is 20.8. The third-order valence-electron chi connectivity index (χ3n) is 13.2. The van der Waals surface area contributed by atoms with Gasteiger partial charge in [0.05, 0.1) is 6.61 Å². The van der Waals surface area contributed by atoms with E-state index in [2.05, 4.69) is 26.3 Å². The molecule has 5 fully saturated rings. The SMILES string of the molecule is O=C1NC2(CCCC2)C(=O)N[C@@H](Cc2ccc(F)cc2)C(=O)N[C@@H](CO)C(=O)N2CCC[C@@H]2C(=O)N2[C@H](C[C@H]3CCCC[C@H]32)C(=O)N[C@H]1Cc1c[nH]c2ccccc12. The third kappa shape index (κ3) is 7.68. The number of aliphatic hydroxyl groups excluding tert-OH is 1. The summed E-state index contributed by atoms with van der Waals surface area (Å²) in [7, 11) is 0. The summed E-state index contributed by atoms with van der Waals surface area (Å²) in [6.07, 6.45) is 8.26. The van der Waals surface area contributed by atoms with E-state index in [1.54, 1.807) is 11.1 Å². The Balaban J connectivity index is 1.19. The molecule has 8 rings (SSSR count). The predicted molar refractivity (Wildman–Crippen MR) is 210 cm³/mol. The molecule has 2 aromatic carbocycles. The minimum atomic E-state index is -1.44. The lowest BCUT2D eigenvalue weighted by Crippen LogP contribution is -2.65. The highest BCUT2D eigenvalue weighted by Gasteiger charge is 2.52. The van der Waals surface area contributed by atoms with Crippen molar-refractivity contribution < 1.29 is 38.3 Å². The molecular formula is C43H52FN7O7. The molecule has 15 heteroatoms. The highest BCUT2D eigenvalue weighted by atomic mass is 19.1. The van der Waals surface area contributed by atoms with Gasteiger partial charge in [-0.15, -0.1) is 0 Å². The van der Waals surface area contributed by atoms with Gasteiger partial charge in [-0.05, 0) is 80.2 Å². The lowest BCUT2D eigenvalue weighted by molar-refractivity contribution is -0.150. The van der Waals surface area contributed by atoms with Crippen LogP contribution in [0.5, 0.6) is 0 Å². The number of aliphatic hydroxyl groups is 1. The molecule has 2 saturated carbocycles. The zero-order chi connectivity index (χ0) is 40.6. The van der Waals surface area contributed by atoms with Crippen molar-refractivity contribution in [3.05, 3.63) is 71.7 Å². The zero-order valence-corrected chi connectivity index (χ0v) is 32.5. The van der Waals surface area contributed by atoms with Crippen LogP contribution in [-0.4, -0.2) is 110 Å². The summed E-state index contributed by atoms with van der Waals surface area (Å²) in [5.74, 6) is -3.82. The van der Waals surface area contributed by atoms with E-state index in [9.17, 15) is 38.3 Å². The molecule has 2 aliphatic carbocycles. The Morgan fingerprint density at radius 2 is 1.45 bits per heavy atom. The molecule has 308 valence electrons. The van der Waals surface area contributed by atoms with Crippen LogP contribution in [0.1, 0.15) is 81.8 Å². The Kier molecular flexibility index (Phi) is 11.2. The van der Waals surface area contributed by atoms with Gasteiger partial charge in [-0.1, -0.05) is 56.0 Å². The molecule has 4 heterocycles. The average molecular weight is 798 g/mol. The Bertz CT molecular complexity index is 2070. The summed E-state index contributed by atoms with van der Waals surface area (Å²) in [6, 6.07) is 7.20. The molecule has 7 atom stereocenters. The first-order valence-corrected chi connectivity index (χ1v) is 20.8. The Labute approximate surface area is 336 Å². The number of H-pyrrole nitrogens is 1. The van der Waals surface area contributed by atoms with E-state index in [-0.39, 0.29) is 50.1 Å². The number of fused-ring (bicyclic) bond motifs is 5. The Morgan fingerprint density at radius 1 is 0.724 bits per heavy atom. The molecule has 5 aliphatic rings. The molecule has 1 spiro atoms. The van der Waals surface area contributed by atoms with Crippen LogP contribution >= 0.6 is 0 Å². The number of aromatic nitrogens is 1. The molecule has 0 radical (unpaired) electrons. The summed E-state index contributed by atoms with van der Waals surface area (Å²) >= 11 is 0. The molecule has 3 aliphatic heterocycles. The minimum absolute atomic E-state index is 0.0713. The van der Waals surface area contributed by atoms with E-state index < -0.39 is 77.7 Å². The number of hydrogen-bond donors (Lipinski definition) is 6. The minimum Gasteiger partial charge on any atom is -0.394 e. The number of nitrogens with zero attached hydrogens (tertiary/aromatic N) is 2. The number of amides is 6. The van der Waals surface area contributed by atoms with Crippen LogP contribution in [0.25, 0.3) is 10.9 Å². The van der Waals surface area contributed by atoms with Gasteiger partial charge in [-0.3, -0.25) is 28.8 Å². The fraction of sp³-hybridized carbons (Fsp3) is 0.535. The first kappa shape index (κ1) is 39.5. The maximum Gasteiger partial charge on any atom is 0.248 e. The molecular weight excluding hydrogens is 746 g/mol. The van der Waals surface area contributed by atoms with Crippen LogP contribution in [0, 0.1) is 11.7 Å². The van der Waals surface area contributed by atoms with Crippen molar-refractivity contribution >= 4 is 46.3 Å². The van der Waals surface area contributed by atoms with Crippen LogP contribution in [-0.2, 0) is 41.6 Å². The lowest BCUT2D eigenvalue weighted by Gasteiger charge is -2.38. The van der Waals surface area contributed by atoms with Crippen molar-refractivity contribution in [3.63, 3.8) is 0 Å². The lowest BCUT2D eigenvalue weighted by atomic mass is 9.84. The van der Waals surface area contributed by atoms with E-state index in [0.29, 0.717) is 44.1 Å². The Morgan fingerprint density at radius 3 is 2.22 bits per heavy atom. The standard InChI is InChI=1S/C43H52FN7O7/c44-28-15-13-25(14-16-28)20-31-37(53)47-33(24-52)40(56)50-19-7-12-35(50)41(57)51-34-11-4-1-8-26(34)22-36(51)39(55)46-32(21-27-23-45-30-10-3-2-9-29(27)30)38(54)49-43(42(58)48-31)17-5-6-18-43/h2-3,9-10,13-16,23,26,31-36,45,52H,1,4-8,11-12,17-22,24H2,(H,46,55)(H,47,53)(H,48,58)(H,49,54)/t26-,31+,32+,33+,34-,35-,36-/m1/s1. The number of benzene rings is 2. The van der Waals surface area contributed by atoms with E-state index in [1.807, 2.05) is 24.3 Å². The molecule has 0 unspecified atom stereocenters. The second-order valence-corrected chi connectivity index (χ2v) is 16.8. The van der Waals surface area contributed by atoms with Crippen molar-refractivity contribution in [2.24, 2.45) is 5.92 Å². The van der Waals surface area contributed by atoms with E-state index in [1.165, 1.54) is 29.2 Å². The van der Waals surface area contributed by atoms with Crippen molar-refractivity contribution in [3.8, 4) is 0 Å². The average Bonchev–Trinajstić information content (AvgIpc) is 4.06. The van der Waals surface area contributed by atoms with E-state index in [4.69, 9.17) is 0 Å². The quantitative estimate of drug-likeness (QED) is 0.228. The van der Waals surface area contributed by atoms with Crippen molar-refractivity contribution in [2.45, 2.75) is 125 Å². The van der Waals surface area contributed by atoms with Crippen LogP contribution in [0.3, 0.4) is 0 Å².